The van der Waals surface area contributed by atoms with E-state index in [1.807, 2.05) is 0 Å². The van der Waals surface area contributed by atoms with Gasteiger partial charge < -0.3 is 4.90 Å². The Bertz CT molecular complexity index is 3280. The molecule has 1 nitrogen and oxygen atoms in total. The Morgan fingerprint density at radius 3 is 1.42 bits per heavy atom. The van der Waals surface area contributed by atoms with Gasteiger partial charge in [0.2, 0.25) is 0 Å². The van der Waals surface area contributed by atoms with Crippen molar-refractivity contribution in [2.75, 3.05) is 4.90 Å². The highest BCUT2D eigenvalue weighted by Gasteiger charge is 2.57. The van der Waals surface area contributed by atoms with Crippen LogP contribution < -0.4 is 25.6 Å². The molecular weight excluding hydrogens is 739 g/mol. The summed E-state index contributed by atoms with van der Waals surface area (Å²) in [5, 5.41) is 6.00. The first-order valence-electron chi connectivity index (χ1n) is 21.4. The molecule has 5 aliphatic rings. The van der Waals surface area contributed by atoms with Gasteiger partial charge in [-0.1, -0.05) is 190 Å². The van der Waals surface area contributed by atoms with Crippen LogP contribution in [-0.4, -0.2) is 8.07 Å². The van der Waals surface area contributed by atoms with Gasteiger partial charge in [0, 0.05) is 16.7 Å². The van der Waals surface area contributed by atoms with Crippen LogP contribution in [-0.2, 0) is 10.8 Å². The summed E-state index contributed by atoms with van der Waals surface area (Å²) in [6.45, 7) is 4.84. The molecule has 14 rings (SSSR count). The molecule has 3 heterocycles. The van der Waals surface area contributed by atoms with Crippen molar-refractivity contribution in [3.8, 4) is 44.5 Å². The summed E-state index contributed by atoms with van der Waals surface area (Å²) in [5.41, 5.74) is 22.2. The van der Waals surface area contributed by atoms with E-state index in [2.05, 4.69) is 219 Å². The lowest BCUT2D eigenvalue weighted by Crippen LogP contribution is -2.70. The topological polar surface area (TPSA) is 3.24 Å². The number of nitrogens with zero attached hydrogens (tertiary/aromatic N) is 1. The highest BCUT2D eigenvalue weighted by atomic mass is 28.3. The van der Waals surface area contributed by atoms with Crippen molar-refractivity contribution in [3.05, 3.63) is 234 Å². The molecule has 2 spiro atoms. The second-order valence-electron chi connectivity index (χ2n) is 17.9. The van der Waals surface area contributed by atoms with E-state index in [0.717, 1.165) is 0 Å². The zero-order valence-corrected chi connectivity index (χ0v) is 34.5. The Balaban J connectivity index is 1.12. The summed E-state index contributed by atoms with van der Waals surface area (Å²) in [6.07, 6.45) is 0. The van der Waals surface area contributed by atoms with Crippen molar-refractivity contribution in [2.45, 2.75) is 24.7 Å². The smallest absolute Gasteiger partial charge is 0.182 e. The van der Waals surface area contributed by atoms with Crippen LogP contribution in [0.1, 0.15) is 47.2 Å². The molecule has 0 radical (unpaired) electrons. The van der Waals surface area contributed by atoms with E-state index < -0.39 is 13.5 Å². The van der Waals surface area contributed by atoms with Gasteiger partial charge in [0.25, 0.3) is 0 Å². The molecule has 0 saturated carbocycles. The predicted octanol–water partition coefficient (Wildman–Crippen LogP) is 11.5. The molecule has 2 heteroatoms. The molecule has 9 aromatic carbocycles. The summed E-state index contributed by atoms with van der Waals surface area (Å²) in [5.74, 6) is 0. The third-order valence-corrected chi connectivity index (χ3v) is 20.0. The van der Waals surface area contributed by atoms with Gasteiger partial charge in [-0.15, -0.1) is 0 Å². The molecule has 280 valence electrons. The maximum Gasteiger partial charge on any atom is 0.182 e. The van der Waals surface area contributed by atoms with E-state index >= 15 is 0 Å². The third kappa shape index (κ3) is 3.61. The molecule has 0 atom stereocenters. The minimum atomic E-state index is -2.67. The number of fused-ring (bicyclic) bond motifs is 23. The maximum absolute atomic E-state index is 2.67. The lowest BCUT2D eigenvalue weighted by Gasteiger charge is -2.46. The van der Waals surface area contributed by atoms with Crippen LogP contribution in [0.2, 0.25) is 0 Å². The quantitative estimate of drug-likeness (QED) is 0.150. The van der Waals surface area contributed by atoms with E-state index in [1.54, 1.807) is 0 Å². The summed E-state index contributed by atoms with van der Waals surface area (Å²) < 4.78 is 0. The first-order valence-corrected chi connectivity index (χ1v) is 23.4. The monoisotopic (exact) mass is 777 g/mol. The standard InChI is InChI=1S/C58H39NSi/c1-57(2)44-23-9-5-22-43(44)55-48(57)33-34-50-56(55)58(45-24-10-3-17-37(45)38-18-4-11-25-46(38)58)47-26-12-13-27-49(47)59(50)36-31-32-42-41-21-8-16-30-53(41)60(54(42)35-36)51-28-14-6-19-39(51)40-20-7-15-29-52(40)60/h3-35H,1-2H3. The van der Waals surface area contributed by atoms with Gasteiger partial charge in [0.15, 0.2) is 8.07 Å². The highest BCUT2D eigenvalue weighted by molar-refractivity contribution is 7.24. The number of benzene rings is 9. The molecular formula is C58H39NSi. The zero-order chi connectivity index (χ0) is 39.5. The molecule has 0 N–H and O–H groups in total. The summed E-state index contributed by atoms with van der Waals surface area (Å²) in [4.78, 5) is 2.63. The molecule has 2 aliphatic carbocycles. The van der Waals surface area contributed by atoms with Crippen molar-refractivity contribution in [2.24, 2.45) is 0 Å². The second-order valence-corrected chi connectivity index (χ2v) is 21.5. The Morgan fingerprint density at radius 1 is 0.350 bits per heavy atom. The van der Waals surface area contributed by atoms with Crippen LogP contribution in [0, 0.1) is 0 Å². The van der Waals surface area contributed by atoms with Gasteiger partial charge in [0.1, 0.15) is 0 Å². The Kier molecular flexibility index (Phi) is 6.13. The van der Waals surface area contributed by atoms with Crippen molar-refractivity contribution in [3.63, 3.8) is 0 Å². The third-order valence-electron chi connectivity index (χ3n) is 15.1. The van der Waals surface area contributed by atoms with Gasteiger partial charge in [-0.05, 0) is 117 Å². The fourth-order valence-electron chi connectivity index (χ4n) is 12.9. The Hall–Kier alpha value is -7.00. The van der Waals surface area contributed by atoms with Crippen LogP contribution in [0.3, 0.4) is 0 Å². The largest absolute Gasteiger partial charge is 0.310 e. The lowest BCUT2D eigenvalue weighted by atomic mass is 9.62. The molecule has 60 heavy (non-hydrogen) atoms. The van der Waals surface area contributed by atoms with Crippen molar-refractivity contribution >= 4 is 45.9 Å². The minimum absolute atomic E-state index is 0.151. The van der Waals surface area contributed by atoms with Crippen molar-refractivity contribution < 1.29 is 0 Å². The average molecular weight is 778 g/mol. The molecule has 0 bridgehead atoms. The minimum Gasteiger partial charge on any atom is -0.310 e. The van der Waals surface area contributed by atoms with Gasteiger partial charge >= 0.3 is 0 Å². The normalized spacial score (nSPS) is 16.2. The van der Waals surface area contributed by atoms with Crippen LogP contribution in [0.4, 0.5) is 17.1 Å². The number of anilines is 3. The second kappa shape index (κ2) is 11.2. The fourth-order valence-corrected chi connectivity index (χ4v) is 18.5. The van der Waals surface area contributed by atoms with Crippen LogP contribution >= 0.6 is 0 Å². The maximum atomic E-state index is 2.63. The van der Waals surface area contributed by atoms with E-state index in [-0.39, 0.29) is 5.41 Å². The van der Waals surface area contributed by atoms with Crippen molar-refractivity contribution in [1.29, 1.82) is 0 Å². The molecule has 9 aromatic rings. The average Bonchev–Trinajstić information content (AvgIpc) is 3.96. The van der Waals surface area contributed by atoms with E-state index in [0.29, 0.717) is 0 Å². The first kappa shape index (κ1) is 32.9. The van der Waals surface area contributed by atoms with E-state index in [9.17, 15) is 0 Å². The first-order chi connectivity index (χ1) is 29.6. The van der Waals surface area contributed by atoms with Crippen molar-refractivity contribution in [1.82, 2.24) is 0 Å². The molecule has 0 aromatic heterocycles. The Labute approximate surface area is 351 Å². The number of rotatable bonds is 1. The number of para-hydroxylation sites is 1. The van der Waals surface area contributed by atoms with Gasteiger partial charge in [-0.3, -0.25) is 0 Å². The fraction of sp³-hybridized carbons (Fsp3) is 0.0690. The molecule has 0 amide bonds. The number of hydrogen-bond donors (Lipinski definition) is 0. The highest BCUT2D eigenvalue weighted by Crippen LogP contribution is 2.67. The predicted molar refractivity (Wildman–Crippen MR) is 251 cm³/mol. The van der Waals surface area contributed by atoms with Crippen LogP contribution in [0.15, 0.2) is 200 Å². The summed E-state index contributed by atoms with van der Waals surface area (Å²) in [7, 11) is -2.67. The van der Waals surface area contributed by atoms with E-state index in [1.165, 1.54) is 116 Å². The van der Waals surface area contributed by atoms with Crippen LogP contribution in [0.5, 0.6) is 0 Å². The molecule has 0 unspecified atom stereocenters. The lowest BCUT2D eigenvalue weighted by molar-refractivity contribution is 0.658. The molecule has 0 saturated heterocycles. The molecule has 3 aliphatic heterocycles. The zero-order valence-electron chi connectivity index (χ0n) is 33.5. The number of hydrogen-bond acceptors (Lipinski definition) is 1. The molecule has 0 fully saturated rings. The van der Waals surface area contributed by atoms with Gasteiger partial charge in [0.05, 0.1) is 16.8 Å². The Morgan fingerprint density at radius 2 is 0.817 bits per heavy atom. The van der Waals surface area contributed by atoms with Gasteiger partial charge in [-0.25, -0.2) is 0 Å². The summed E-state index contributed by atoms with van der Waals surface area (Å²) in [6, 6.07) is 77.2. The van der Waals surface area contributed by atoms with Gasteiger partial charge in [-0.2, -0.15) is 0 Å². The van der Waals surface area contributed by atoms with Crippen LogP contribution in [0.25, 0.3) is 44.5 Å². The van der Waals surface area contributed by atoms with E-state index in [4.69, 9.17) is 0 Å². The summed E-state index contributed by atoms with van der Waals surface area (Å²) >= 11 is 0. The SMILES string of the molecule is CC1(C)c2ccccc2-c2c1ccc1c2C2(c3ccccc3-c3ccccc32)c2ccccc2N1c1ccc2c(c1)[Si]1(c3ccccc3-c3ccccc31)c1ccccc1-2.